The first kappa shape index (κ1) is 19.6. The smallest absolute Gasteiger partial charge is 0.308 e. The number of nitrogens with one attached hydrogen (secondary N) is 2. The number of carbonyl (C=O) groups is 2. The molecule has 2 aromatic carbocycles. The van der Waals surface area contributed by atoms with Crippen LogP contribution in [0.2, 0.25) is 5.02 Å². The number of amides is 1. The average Bonchev–Trinajstić information content (AvgIpc) is 2.68. The maximum Gasteiger partial charge on any atom is 0.308 e. The summed E-state index contributed by atoms with van der Waals surface area (Å²) in [6, 6.07) is 13.3. The number of nitrogens with zero attached hydrogens (tertiary/aromatic N) is 1. The van der Waals surface area contributed by atoms with Crippen molar-refractivity contribution in [3.8, 4) is 0 Å². The van der Waals surface area contributed by atoms with Crippen molar-refractivity contribution in [3.05, 3.63) is 75.3 Å². The van der Waals surface area contributed by atoms with Crippen LogP contribution in [0, 0.1) is 0 Å². The Morgan fingerprint density at radius 3 is 2.64 bits per heavy atom. The Kier molecular flexibility index (Phi) is 6.06. The van der Waals surface area contributed by atoms with E-state index in [9.17, 15) is 14.4 Å². The third-order valence-corrected chi connectivity index (χ3v) is 4.30. The van der Waals surface area contributed by atoms with Crippen LogP contribution in [0.3, 0.4) is 0 Å². The van der Waals surface area contributed by atoms with Gasteiger partial charge in [-0.2, -0.15) is 0 Å². The molecule has 0 aliphatic heterocycles. The zero-order valence-electron chi connectivity index (χ0n) is 15.1. The molecule has 0 spiro atoms. The standard InChI is InChI=1S/C20H18ClN3O4/c1-12(18-23-16-5-3-2-4-15(16)20(27)24-18)28-17(25)10-11-22-19(26)13-6-8-14(21)9-7-13/h2-9,12H,10-11H2,1H3,(H,22,26)(H,23,24,27). The number of fused-ring (bicyclic) bond motifs is 1. The van der Waals surface area contributed by atoms with Gasteiger partial charge in [-0.3, -0.25) is 14.4 Å². The van der Waals surface area contributed by atoms with E-state index < -0.39 is 12.1 Å². The molecule has 1 amide bonds. The first-order chi connectivity index (χ1) is 13.4. The molecular formula is C20H18ClN3O4. The fourth-order valence-electron chi connectivity index (χ4n) is 2.59. The van der Waals surface area contributed by atoms with Crippen molar-refractivity contribution < 1.29 is 14.3 Å². The van der Waals surface area contributed by atoms with E-state index in [1.807, 2.05) is 0 Å². The van der Waals surface area contributed by atoms with Crippen molar-refractivity contribution in [2.24, 2.45) is 0 Å². The second kappa shape index (κ2) is 8.67. The van der Waals surface area contributed by atoms with Gasteiger partial charge in [-0.05, 0) is 43.3 Å². The number of carbonyl (C=O) groups excluding carboxylic acids is 2. The van der Waals surface area contributed by atoms with Crippen LogP contribution in [-0.4, -0.2) is 28.4 Å². The molecule has 0 bridgehead atoms. The molecule has 7 nitrogen and oxygen atoms in total. The monoisotopic (exact) mass is 399 g/mol. The highest BCUT2D eigenvalue weighted by atomic mass is 35.5. The summed E-state index contributed by atoms with van der Waals surface area (Å²) in [7, 11) is 0. The van der Waals surface area contributed by atoms with Gasteiger partial charge in [0.05, 0.1) is 17.3 Å². The molecule has 0 radical (unpaired) electrons. The zero-order valence-corrected chi connectivity index (χ0v) is 15.8. The van der Waals surface area contributed by atoms with Gasteiger partial charge in [-0.1, -0.05) is 23.7 Å². The first-order valence-electron chi connectivity index (χ1n) is 8.66. The van der Waals surface area contributed by atoms with Crippen molar-refractivity contribution in [2.45, 2.75) is 19.4 Å². The number of para-hydroxylation sites is 1. The Hall–Kier alpha value is -3.19. The topological polar surface area (TPSA) is 101 Å². The third kappa shape index (κ3) is 4.75. The van der Waals surface area contributed by atoms with E-state index in [1.165, 1.54) is 0 Å². The van der Waals surface area contributed by atoms with Crippen molar-refractivity contribution in [1.82, 2.24) is 15.3 Å². The van der Waals surface area contributed by atoms with Gasteiger partial charge in [0.25, 0.3) is 11.5 Å². The molecule has 2 N–H and O–H groups in total. The summed E-state index contributed by atoms with van der Waals surface area (Å²) in [5, 5.41) is 3.64. The van der Waals surface area contributed by atoms with Gasteiger partial charge in [0.2, 0.25) is 0 Å². The number of hydrogen-bond acceptors (Lipinski definition) is 5. The summed E-state index contributed by atoms with van der Waals surface area (Å²) >= 11 is 5.78. The summed E-state index contributed by atoms with van der Waals surface area (Å²) in [4.78, 5) is 43.1. The van der Waals surface area contributed by atoms with E-state index >= 15 is 0 Å². The fraction of sp³-hybridized carbons (Fsp3) is 0.200. The summed E-state index contributed by atoms with van der Waals surface area (Å²) in [6.45, 7) is 1.74. The van der Waals surface area contributed by atoms with Crippen LogP contribution in [0.25, 0.3) is 10.9 Å². The quantitative estimate of drug-likeness (QED) is 0.620. The Balaban J connectivity index is 1.54. The molecule has 0 fully saturated rings. The second-order valence-electron chi connectivity index (χ2n) is 6.11. The molecule has 1 aromatic heterocycles. The number of aromatic nitrogens is 2. The van der Waals surface area contributed by atoms with E-state index in [-0.39, 0.29) is 30.3 Å². The summed E-state index contributed by atoms with van der Waals surface area (Å²) in [5.74, 6) is -0.556. The molecule has 0 aliphatic carbocycles. The molecule has 1 atom stereocenters. The van der Waals surface area contributed by atoms with Gasteiger partial charge in [0.1, 0.15) is 0 Å². The summed E-state index contributed by atoms with van der Waals surface area (Å²) in [6.07, 6.45) is -0.738. The van der Waals surface area contributed by atoms with Crippen LogP contribution in [0.5, 0.6) is 0 Å². The molecule has 3 aromatic rings. The number of hydrogen-bond donors (Lipinski definition) is 2. The SMILES string of the molecule is CC(OC(=O)CCNC(=O)c1ccc(Cl)cc1)c1nc2ccccc2c(=O)[nH]1. The molecule has 8 heteroatoms. The highest BCUT2D eigenvalue weighted by molar-refractivity contribution is 6.30. The highest BCUT2D eigenvalue weighted by Crippen LogP contribution is 2.15. The van der Waals surface area contributed by atoms with Gasteiger partial charge < -0.3 is 15.0 Å². The van der Waals surface area contributed by atoms with Crippen LogP contribution >= 0.6 is 11.6 Å². The molecule has 28 heavy (non-hydrogen) atoms. The first-order valence-corrected chi connectivity index (χ1v) is 9.04. The number of rotatable bonds is 6. The summed E-state index contributed by atoms with van der Waals surface area (Å²) in [5.41, 5.74) is 0.683. The predicted molar refractivity (Wildman–Crippen MR) is 105 cm³/mol. The van der Waals surface area contributed by atoms with Crippen molar-refractivity contribution in [3.63, 3.8) is 0 Å². The van der Waals surface area contributed by atoms with Crippen LogP contribution < -0.4 is 10.9 Å². The van der Waals surface area contributed by atoms with Gasteiger partial charge in [0, 0.05) is 17.1 Å². The Labute approximate surface area is 165 Å². The Bertz CT molecular complexity index is 1060. The summed E-state index contributed by atoms with van der Waals surface area (Å²) < 4.78 is 5.30. The van der Waals surface area contributed by atoms with Crippen LogP contribution in [0.4, 0.5) is 0 Å². The lowest BCUT2D eigenvalue weighted by atomic mass is 10.2. The molecule has 1 heterocycles. The normalized spacial score (nSPS) is 11.8. The van der Waals surface area contributed by atoms with E-state index in [0.29, 0.717) is 21.5 Å². The van der Waals surface area contributed by atoms with E-state index in [1.54, 1.807) is 55.5 Å². The predicted octanol–water partition coefficient (Wildman–Crippen LogP) is 3.00. The number of ether oxygens (including phenoxy) is 1. The molecule has 1 unspecified atom stereocenters. The zero-order chi connectivity index (χ0) is 20.1. The maximum absolute atomic E-state index is 12.1. The number of aromatic amines is 1. The largest absolute Gasteiger partial charge is 0.454 e. The lowest BCUT2D eigenvalue weighted by Gasteiger charge is -2.13. The maximum atomic E-state index is 12.1. The second-order valence-corrected chi connectivity index (χ2v) is 6.55. The number of halogens is 1. The fourth-order valence-corrected chi connectivity index (χ4v) is 2.72. The van der Waals surface area contributed by atoms with E-state index in [0.717, 1.165) is 0 Å². The molecule has 0 saturated heterocycles. The van der Waals surface area contributed by atoms with Gasteiger partial charge in [0.15, 0.2) is 11.9 Å². The van der Waals surface area contributed by atoms with Crippen molar-refractivity contribution in [2.75, 3.05) is 6.54 Å². The van der Waals surface area contributed by atoms with E-state index in [4.69, 9.17) is 16.3 Å². The van der Waals surface area contributed by atoms with Gasteiger partial charge in [-0.15, -0.1) is 0 Å². The number of benzene rings is 2. The Morgan fingerprint density at radius 1 is 1.18 bits per heavy atom. The van der Waals surface area contributed by atoms with Crippen LogP contribution in [0.1, 0.15) is 35.6 Å². The van der Waals surface area contributed by atoms with Crippen LogP contribution in [0.15, 0.2) is 53.3 Å². The van der Waals surface area contributed by atoms with Gasteiger partial charge >= 0.3 is 5.97 Å². The van der Waals surface area contributed by atoms with Crippen LogP contribution in [-0.2, 0) is 9.53 Å². The average molecular weight is 400 g/mol. The minimum absolute atomic E-state index is 0.0124. The third-order valence-electron chi connectivity index (χ3n) is 4.05. The minimum Gasteiger partial charge on any atom is -0.454 e. The van der Waals surface area contributed by atoms with Crippen molar-refractivity contribution >= 4 is 34.4 Å². The highest BCUT2D eigenvalue weighted by Gasteiger charge is 2.16. The van der Waals surface area contributed by atoms with Crippen molar-refractivity contribution in [1.29, 1.82) is 0 Å². The molecule has 0 saturated carbocycles. The lowest BCUT2D eigenvalue weighted by molar-refractivity contribution is -0.148. The lowest BCUT2D eigenvalue weighted by Crippen LogP contribution is -2.27. The molecule has 0 aliphatic rings. The molecule has 3 rings (SSSR count). The van der Waals surface area contributed by atoms with Gasteiger partial charge in [-0.25, -0.2) is 4.98 Å². The van der Waals surface area contributed by atoms with E-state index in [2.05, 4.69) is 15.3 Å². The number of H-pyrrole nitrogens is 1. The number of esters is 1. The molecule has 144 valence electrons. The Morgan fingerprint density at radius 2 is 1.89 bits per heavy atom. The molecular weight excluding hydrogens is 382 g/mol. The minimum atomic E-state index is -0.725.